The number of hydrogen-bond donors (Lipinski definition) is 1. The van der Waals surface area contributed by atoms with E-state index in [9.17, 15) is 19.2 Å². The Labute approximate surface area is 454 Å². The third-order valence-corrected chi connectivity index (χ3v) is 14.7. The number of thioether (sulfide) groups is 1. The van der Waals surface area contributed by atoms with Crippen molar-refractivity contribution in [1.82, 2.24) is 49.8 Å². The molecule has 9 rings (SSSR count). The van der Waals surface area contributed by atoms with Gasteiger partial charge in [0, 0.05) is 75.6 Å². The van der Waals surface area contributed by atoms with E-state index in [1.54, 1.807) is 74.7 Å². The molecule has 2 N–H and O–H groups in total. The molecule has 75 heavy (non-hydrogen) atoms. The van der Waals surface area contributed by atoms with Gasteiger partial charge in [-0.1, -0.05) is 34.1 Å². The van der Waals surface area contributed by atoms with Gasteiger partial charge in [-0.3, -0.25) is 53.7 Å². The third kappa shape index (κ3) is 18.7. The average Bonchev–Trinajstić information content (AvgIpc) is 4.29. The first-order valence-corrected chi connectivity index (χ1v) is 28.5. The smallest absolute Gasteiger partial charge is 0.228 e. The fourth-order valence-electron chi connectivity index (χ4n) is 8.46. The minimum atomic E-state index is 0.136. The first-order valence-electron chi connectivity index (χ1n) is 26.5. The van der Waals surface area contributed by atoms with Crippen LogP contribution in [0.25, 0.3) is 0 Å². The number of aromatic nitrogens is 10. The van der Waals surface area contributed by atoms with Crippen molar-refractivity contribution < 1.29 is 19.2 Å². The number of hydrogen-bond acceptors (Lipinski definition) is 16. The predicted octanol–water partition coefficient (Wildman–Crippen LogP) is 8.40. The van der Waals surface area contributed by atoms with Crippen molar-refractivity contribution in [3.63, 3.8) is 0 Å². The van der Waals surface area contributed by atoms with Gasteiger partial charge in [-0.2, -0.15) is 0 Å². The predicted molar refractivity (Wildman–Crippen MR) is 296 cm³/mol. The summed E-state index contributed by atoms with van der Waals surface area (Å²) < 4.78 is 0.683. The molecule has 5 aromatic heterocycles. The van der Waals surface area contributed by atoms with Crippen molar-refractivity contribution >= 4 is 74.6 Å². The molecule has 0 aromatic carbocycles. The van der Waals surface area contributed by atoms with Crippen LogP contribution in [0.1, 0.15) is 134 Å². The highest BCUT2D eigenvalue weighted by Gasteiger charge is 2.26. The number of carbonyl (C=O) groups is 4. The van der Waals surface area contributed by atoms with Crippen LogP contribution in [0.3, 0.4) is 0 Å². The minimum Gasteiger partial charge on any atom is -0.330 e. The molecule has 9 heterocycles. The molecule has 5 aromatic rings. The van der Waals surface area contributed by atoms with Crippen LogP contribution in [-0.4, -0.2) is 112 Å². The van der Waals surface area contributed by atoms with Crippen LogP contribution in [0.2, 0.25) is 0 Å². The average molecular weight is 1110 g/mol. The molecule has 4 aliphatic heterocycles. The second-order valence-electron chi connectivity index (χ2n) is 19.5. The maximum atomic E-state index is 11.7. The third-order valence-electron chi connectivity index (χ3n) is 13.6. The molecular formula is C54H74BrN15O4S. The van der Waals surface area contributed by atoms with Gasteiger partial charge in [0.25, 0.3) is 0 Å². The van der Waals surface area contributed by atoms with Crippen molar-refractivity contribution in [3.05, 3.63) is 89.5 Å². The lowest BCUT2D eigenvalue weighted by atomic mass is 9.98. The van der Waals surface area contributed by atoms with E-state index in [1.165, 1.54) is 6.42 Å². The van der Waals surface area contributed by atoms with Gasteiger partial charge >= 0.3 is 0 Å². The Morgan fingerprint density at radius 3 is 1.15 bits per heavy atom. The Morgan fingerprint density at radius 2 is 0.840 bits per heavy atom. The molecule has 19 nitrogen and oxygen atoms in total. The van der Waals surface area contributed by atoms with E-state index in [0.717, 1.165) is 137 Å². The molecule has 4 fully saturated rings. The van der Waals surface area contributed by atoms with Gasteiger partial charge in [0.15, 0.2) is 23.3 Å². The highest BCUT2D eigenvalue weighted by Crippen LogP contribution is 2.23. The fourth-order valence-corrected chi connectivity index (χ4v) is 8.98. The molecular weight excluding hydrogens is 1030 g/mol. The normalized spacial score (nSPS) is 16.5. The Morgan fingerprint density at radius 1 is 0.480 bits per heavy atom. The van der Waals surface area contributed by atoms with Gasteiger partial charge in [0.1, 0.15) is 10.4 Å². The molecule has 4 aliphatic rings. The summed E-state index contributed by atoms with van der Waals surface area (Å²) >= 11 is 4.85. The molecule has 0 saturated carbocycles. The van der Waals surface area contributed by atoms with E-state index in [4.69, 9.17) is 5.73 Å². The van der Waals surface area contributed by atoms with Crippen LogP contribution >= 0.6 is 27.7 Å². The van der Waals surface area contributed by atoms with Gasteiger partial charge in [-0.05, 0) is 117 Å². The highest BCUT2D eigenvalue weighted by molar-refractivity contribution is 9.10. The zero-order chi connectivity index (χ0) is 53.5. The van der Waals surface area contributed by atoms with Crippen molar-refractivity contribution in [2.24, 2.45) is 23.5 Å². The fraction of sp³-hybridized carbons (Fsp3) is 0.556. The lowest BCUT2D eigenvalue weighted by Gasteiger charge is -2.14. The number of nitrogens with zero attached hydrogens (tertiary/aromatic N) is 14. The van der Waals surface area contributed by atoms with Crippen LogP contribution < -0.4 is 25.3 Å². The highest BCUT2D eigenvalue weighted by atomic mass is 79.9. The van der Waals surface area contributed by atoms with E-state index >= 15 is 0 Å². The number of rotatable bonds is 19. The van der Waals surface area contributed by atoms with Gasteiger partial charge in [0.2, 0.25) is 23.6 Å². The van der Waals surface area contributed by atoms with Crippen LogP contribution in [0.15, 0.2) is 71.5 Å². The van der Waals surface area contributed by atoms with Crippen molar-refractivity contribution in [2.75, 3.05) is 58.6 Å². The SMILES string of the molecule is CC(CN)CCc1cnc(N2CCCC2=O)cn1.CCC(C)CCc1cnc(N2CCCC2=O)cn1.CSc1cnc(CCC(C)CCc2cnc(N3CCCC3=O)cn2)nc1.O=C1CCCN1c1cnc(Br)cn1. The number of anilines is 4. The molecule has 21 heteroatoms. The Balaban J connectivity index is 0.000000167. The Bertz CT molecular complexity index is 2470. The molecule has 4 amide bonds. The second-order valence-corrected chi connectivity index (χ2v) is 21.2. The molecule has 402 valence electrons. The van der Waals surface area contributed by atoms with E-state index < -0.39 is 0 Å². The van der Waals surface area contributed by atoms with Crippen molar-refractivity contribution in [3.8, 4) is 0 Å². The van der Waals surface area contributed by atoms with E-state index in [0.29, 0.717) is 71.9 Å². The van der Waals surface area contributed by atoms with Gasteiger partial charge in [-0.25, -0.2) is 34.9 Å². The van der Waals surface area contributed by atoms with Crippen LogP contribution in [0.5, 0.6) is 0 Å². The maximum Gasteiger partial charge on any atom is 0.228 e. The summed E-state index contributed by atoms with van der Waals surface area (Å²) in [6.45, 7) is 12.6. The summed E-state index contributed by atoms with van der Waals surface area (Å²) in [6, 6.07) is 0. The first kappa shape index (κ1) is 58.3. The largest absolute Gasteiger partial charge is 0.330 e. The van der Waals surface area contributed by atoms with Crippen LogP contribution in [0.4, 0.5) is 23.3 Å². The zero-order valence-electron chi connectivity index (χ0n) is 44.3. The van der Waals surface area contributed by atoms with Crippen molar-refractivity contribution in [1.29, 1.82) is 0 Å². The molecule has 4 saturated heterocycles. The molecule has 0 aliphatic carbocycles. The van der Waals surface area contributed by atoms with Crippen LogP contribution in [0, 0.1) is 17.8 Å². The number of halogens is 1. The molecule has 3 atom stereocenters. The van der Waals surface area contributed by atoms with Gasteiger partial charge < -0.3 is 5.73 Å². The monoisotopic (exact) mass is 1110 g/mol. The van der Waals surface area contributed by atoms with Gasteiger partial charge in [-0.15, -0.1) is 11.8 Å². The number of carbonyl (C=O) groups excluding carboxylic acids is 4. The van der Waals surface area contributed by atoms with E-state index in [2.05, 4.69) is 93.5 Å². The van der Waals surface area contributed by atoms with E-state index in [1.807, 2.05) is 24.8 Å². The second kappa shape index (κ2) is 30.6. The first-order chi connectivity index (χ1) is 36.3. The number of aryl methyl sites for hydroxylation is 4. The standard InChI is InChI=1S/C19H25N5OS.C14H21N3O.C13H20N4O.C8H8BrN3O/c1-14(6-8-17-21-11-16(26-2)12-22-17)5-7-15-10-23-18(13-20-15)24-9-3-4-19(24)25;1-3-11(2)6-7-12-9-16-13(10-15-12)17-8-4-5-14(17)18;1-10(7-14)4-5-11-8-16-12(9-15-11)17-6-2-3-13(17)18;9-6-4-11-7(5-10-6)12-3-1-2-8(12)13/h10-14H,3-9H2,1-2H3;9-11H,3-8H2,1-2H3;8-10H,2-7,14H2,1H3;4-5H,1-3H2. The summed E-state index contributed by atoms with van der Waals surface area (Å²) in [5, 5.41) is 0. The van der Waals surface area contributed by atoms with E-state index in [-0.39, 0.29) is 23.6 Å². The summed E-state index contributed by atoms with van der Waals surface area (Å²) in [5.74, 6) is 6.00. The number of nitrogens with two attached hydrogens (primary N) is 1. The Hall–Kier alpha value is -5.93. The topological polar surface area (TPSA) is 236 Å². The summed E-state index contributed by atoms with van der Waals surface area (Å²) in [4.78, 5) is 97.4. The maximum absolute atomic E-state index is 11.7. The van der Waals surface area contributed by atoms with Crippen molar-refractivity contribution in [2.45, 2.75) is 142 Å². The lowest BCUT2D eigenvalue weighted by Crippen LogP contribution is -2.24. The molecule has 0 bridgehead atoms. The molecule has 3 unspecified atom stereocenters. The molecule has 0 radical (unpaired) electrons. The summed E-state index contributed by atoms with van der Waals surface area (Å²) in [5.41, 5.74) is 8.54. The quantitative estimate of drug-likeness (QED) is 0.0764. The molecule has 0 spiro atoms. The zero-order valence-corrected chi connectivity index (χ0v) is 46.7. The van der Waals surface area contributed by atoms with Gasteiger partial charge in [0.05, 0.1) is 66.7 Å². The minimum absolute atomic E-state index is 0.136. The van der Waals surface area contributed by atoms with Crippen LogP contribution in [-0.2, 0) is 44.9 Å². The summed E-state index contributed by atoms with van der Waals surface area (Å²) in [6.07, 6.45) is 34.8. The lowest BCUT2D eigenvalue weighted by molar-refractivity contribution is -0.117. The Kier molecular flexibility index (Phi) is 23.8. The number of amides is 4. The summed E-state index contributed by atoms with van der Waals surface area (Å²) in [7, 11) is 0.